The molecule has 0 saturated carbocycles. The Bertz CT molecular complexity index is 292. The van der Waals surface area contributed by atoms with E-state index in [1.54, 1.807) is 6.07 Å². The number of pyridine rings is 1. The minimum absolute atomic E-state index is 0.262. The molecule has 1 aromatic heterocycles. The fourth-order valence-electron chi connectivity index (χ4n) is 0.933. The van der Waals surface area contributed by atoms with Crippen molar-refractivity contribution < 1.29 is 4.39 Å². The van der Waals surface area contributed by atoms with Crippen LogP contribution in [0.5, 0.6) is 0 Å². The molecule has 2 heteroatoms. The molecule has 1 rings (SSSR count). The number of rotatable bonds is 2. The number of nitrogens with zero attached hydrogens (tertiary/aromatic N) is 1. The van der Waals surface area contributed by atoms with E-state index in [0.29, 0.717) is 5.56 Å². The first-order chi connectivity index (χ1) is 5.65. The molecule has 12 heavy (non-hydrogen) atoms. The molecule has 0 radical (unpaired) electrons. The summed E-state index contributed by atoms with van der Waals surface area (Å²) >= 11 is 0. The maximum Gasteiger partial charge on any atom is 0.220 e. The first-order valence-corrected chi connectivity index (χ1v) is 3.94. The standard InChI is InChI=1S/C10H12FN/c1-4-8-5-6-9(7(2)3)12-10(8)11/h4-7H,1H2,2-3H3. The molecule has 1 heterocycles. The van der Waals surface area contributed by atoms with Crippen LogP contribution in [0.25, 0.3) is 6.08 Å². The predicted molar refractivity (Wildman–Crippen MR) is 48.4 cm³/mol. The summed E-state index contributed by atoms with van der Waals surface area (Å²) in [4.78, 5) is 3.81. The van der Waals surface area contributed by atoms with Gasteiger partial charge in [-0.25, -0.2) is 4.98 Å². The summed E-state index contributed by atoms with van der Waals surface area (Å²) in [5.41, 5.74) is 1.23. The van der Waals surface area contributed by atoms with Crippen LogP contribution in [0.2, 0.25) is 0 Å². The summed E-state index contributed by atoms with van der Waals surface area (Å²) < 4.78 is 13.0. The number of aromatic nitrogens is 1. The van der Waals surface area contributed by atoms with Crippen LogP contribution >= 0.6 is 0 Å². The Morgan fingerprint density at radius 2 is 2.17 bits per heavy atom. The van der Waals surface area contributed by atoms with Gasteiger partial charge in [-0.05, 0) is 18.1 Å². The van der Waals surface area contributed by atoms with Crippen molar-refractivity contribution in [2.45, 2.75) is 19.8 Å². The zero-order valence-corrected chi connectivity index (χ0v) is 7.34. The molecule has 0 spiro atoms. The third-order valence-corrected chi connectivity index (χ3v) is 1.71. The van der Waals surface area contributed by atoms with Crippen LogP contribution in [0, 0.1) is 5.95 Å². The van der Waals surface area contributed by atoms with Crippen molar-refractivity contribution in [1.29, 1.82) is 0 Å². The topological polar surface area (TPSA) is 12.9 Å². The van der Waals surface area contributed by atoms with Crippen molar-refractivity contribution in [1.82, 2.24) is 4.98 Å². The van der Waals surface area contributed by atoms with Gasteiger partial charge in [0.05, 0.1) is 0 Å². The smallest absolute Gasteiger partial charge is 0.220 e. The second-order valence-corrected chi connectivity index (χ2v) is 2.97. The summed E-state index contributed by atoms with van der Waals surface area (Å²) in [5, 5.41) is 0. The van der Waals surface area contributed by atoms with Crippen molar-refractivity contribution in [3.05, 3.63) is 35.9 Å². The van der Waals surface area contributed by atoms with Gasteiger partial charge in [-0.15, -0.1) is 0 Å². The zero-order chi connectivity index (χ0) is 9.14. The summed E-state index contributed by atoms with van der Waals surface area (Å²) in [5.74, 6) is -0.172. The van der Waals surface area contributed by atoms with Crippen LogP contribution in [-0.4, -0.2) is 4.98 Å². The van der Waals surface area contributed by atoms with Gasteiger partial charge in [-0.1, -0.05) is 26.5 Å². The number of halogens is 1. The molecule has 0 aromatic carbocycles. The third kappa shape index (κ3) is 1.70. The van der Waals surface area contributed by atoms with Gasteiger partial charge in [-0.2, -0.15) is 4.39 Å². The third-order valence-electron chi connectivity index (χ3n) is 1.71. The quantitative estimate of drug-likeness (QED) is 0.614. The molecule has 0 atom stereocenters. The van der Waals surface area contributed by atoms with E-state index in [2.05, 4.69) is 11.6 Å². The monoisotopic (exact) mass is 165 g/mol. The second kappa shape index (κ2) is 3.48. The van der Waals surface area contributed by atoms with Crippen LogP contribution in [0.4, 0.5) is 4.39 Å². The van der Waals surface area contributed by atoms with E-state index in [0.717, 1.165) is 5.69 Å². The molecule has 1 nitrogen and oxygen atoms in total. The van der Waals surface area contributed by atoms with E-state index < -0.39 is 5.95 Å². The van der Waals surface area contributed by atoms with Gasteiger partial charge in [-0.3, -0.25) is 0 Å². The van der Waals surface area contributed by atoms with Gasteiger partial charge in [0.2, 0.25) is 5.95 Å². The van der Waals surface area contributed by atoms with Crippen LogP contribution < -0.4 is 0 Å². The van der Waals surface area contributed by atoms with Crippen molar-refractivity contribution >= 4 is 6.08 Å². The van der Waals surface area contributed by atoms with E-state index in [-0.39, 0.29) is 5.92 Å². The molecule has 64 valence electrons. The molecular weight excluding hydrogens is 153 g/mol. The van der Waals surface area contributed by atoms with Gasteiger partial charge in [0.25, 0.3) is 0 Å². The van der Waals surface area contributed by atoms with Crippen molar-refractivity contribution in [3.63, 3.8) is 0 Å². The largest absolute Gasteiger partial charge is 0.224 e. The van der Waals surface area contributed by atoms with Gasteiger partial charge in [0.1, 0.15) is 0 Å². The highest BCUT2D eigenvalue weighted by molar-refractivity contribution is 5.46. The molecule has 0 bridgehead atoms. The maximum absolute atomic E-state index is 13.0. The van der Waals surface area contributed by atoms with Crippen LogP contribution in [0.1, 0.15) is 31.0 Å². The van der Waals surface area contributed by atoms with E-state index in [1.807, 2.05) is 19.9 Å². The minimum Gasteiger partial charge on any atom is -0.224 e. The average molecular weight is 165 g/mol. The molecule has 0 aliphatic carbocycles. The SMILES string of the molecule is C=Cc1ccc(C(C)C)nc1F. The summed E-state index contributed by atoms with van der Waals surface area (Å²) in [6.45, 7) is 7.45. The zero-order valence-electron chi connectivity index (χ0n) is 7.34. The molecular formula is C10H12FN. The van der Waals surface area contributed by atoms with Gasteiger partial charge >= 0.3 is 0 Å². The van der Waals surface area contributed by atoms with Crippen molar-refractivity contribution in [2.75, 3.05) is 0 Å². The predicted octanol–water partition coefficient (Wildman–Crippen LogP) is 2.99. The van der Waals surface area contributed by atoms with E-state index in [4.69, 9.17) is 0 Å². The summed E-state index contributed by atoms with van der Waals surface area (Å²) in [6.07, 6.45) is 1.46. The molecule has 0 aliphatic rings. The fraction of sp³-hybridized carbons (Fsp3) is 0.300. The molecule has 0 aliphatic heterocycles. The highest BCUT2D eigenvalue weighted by atomic mass is 19.1. The first kappa shape index (κ1) is 8.91. The lowest BCUT2D eigenvalue weighted by molar-refractivity contribution is 0.569. The summed E-state index contributed by atoms with van der Waals surface area (Å²) in [6, 6.07) is 3.52. The second-order valence-electron chi connectivity index (χ2n) is 2.97. The van der Waals surface area contributed by atoms with Gasteiger partial charge in [0.15, 0.2) is 0 Å². The van der Waals surface area contributed by atoms with E-state index in [1.165, 1.54) is 6.08 Å². The maximum atomic E-state index is 13.0. The minimum atomic E-state index is -0.434. The Morgan fingerprint density at radius 3 is 2.58 bits per heavy atom. The molecule has 0 N–H and O–H groups in total. The van der Waals surface area contributed by atoms with Crippen LogP contribution in [0.3, 0.4) is 0 Å². The normalized spacial score (nSPS) is 10.3. The lowest BCUT2D eigenvalue weighted by atomic mass is 10.1. The Hall–Kier alpha value is -1.18. The Labute approximate surface area is 72.0 Å². The average Bonchev–Trinajstić information content (AvgIpc) is 2.04. The Morgan fingerprint density at radius 1 is 1.50 bits per heavy atom. The van der Waals surface area contributed by atoms with E-state index >= 15 is 0 Å². The fourth-order valence-corrected chi connectivity index (χ4v) is 0.933. The van der Waals surface area contributed by atoms with Gasteiger partial charge in [0, 0.05) is 11.3 Å². The summed E-state index contributed by atoms with van der Waals surface area (Å²) in [7, 11) is 0. The van der Waals surface area contributed by atoms with Crippen LogP contribution in [-0.2, 0) is 0 Å². The molecule has 0 amide bonds. The lowest BCUT2D eigenvalue weighted by Crippen LogP contribution is -1.96. The van der Waals surface area contributed by atoms with Crippen molar-refractivity contribution in [2.24, 2.45) is 0 Å². The van der Waals surface area contributed by atoms with Gasteiger partial charge < -0.3 is 0 Å². The highest BCUT2D eigenvalue weighted by Gasteiger charge is 2.04. The Balaban J connectivity index is 3.10. The molecule has 0 unspecified atom stereocenters. The number of hydrogen-bond acceptors (Lipinski definition) is 1. The Kier molecular flexibility index (Phi) is 2.58. The molecule has 1 aromatic rings. The number of hydrogen-bond donors (Lipinski definition) is 0. The first-order valence-electron chi connectivity index (χ1n) is 3.94. The van der Waals surface area contributed by atoms with E-state index in [9.17, 15) is 4.39 Å². The van der Waals surface area contributed by atoms with Crippen molar-refractivity contribution in [3.8, 4) is 0 Å². The lowest BCUT2D eigenvalue weighted by Gasteiger charge is -2.04. The molecule has 0 fully saturated rings. The molecule has 0 saturated heterocycles. The highest BCUT2D eigenvalue weighted by Crippen LogP contribution is 2.14. The van der Waals surface area contributed by atoms with Crippen LogP contribution in [0.15, 0.2) is 18.7 Å².